The van der Waals surface area contributed by atoms with E-state index in [4.69, 9.17) is 10.6 Å². The number of pyridine rings is 1. The van der Waals surface area contributed by atoms with Crippen molar-refractivity contribution >= 4 is 0 Å². The van der Waals surface area contributed by atoms with E-state index in [2.05, 4.69) is 38.1 Å². The monoisotopic (exact) mass is 265 g/mol. The van der Waals surface area contributed by atoms with Gasteiger partial charge < -0.3 is 4.74 Å². The molecule has 0 saturated heterocycles. The highest BCUT2D eigenvalue weighted by Gasteiger charge is 2.22. The molecule has 1 heterocycles. The Labute approximate surface area is 116 Å². The maximum atomic E-state index is 5.69. The second kappa shape index (κ2) is 6.87. The molecule has 0 spiro atoms. The van der Waals surface area contributed by atoms with Crippen LogP contribution in [0.15, 0.2) is 18.3 Å². The molecule has 4 nitrogen and oxygen atoms in total. The fourth-order valence-corrected chi connectivity index (χ4v) is 2.63. The van der Waals surface area contributed by atoms with Gasteiger partial charge in [-0.3, -0.25) is 16.3 Å². The van der Waals surface area contributed by atoms with E-state index in [1.54, 1.807) is 13.3 Å². The molecule has 0 aliphatic heterocycles. The maximum absolute atomic E-state index is 5.69. The molecule has 1 aromatic heterocycles. The summed E-state index contributed by atoms with van der Waals surface area (Å²) in [7, 11) is 1.66. The molecule has 0 bridgehead atoms. The van der Waals surface area contributed by atoms with Crippen LogP contribution in [0, 0.1) is 11.3 Å². The summed E-state index contributed by atoms with van der Waals surface area (Å²) in [5.41, 5.74) is 4.08. The third kappa shape index (κ3) is 5.17. The standard InChI is InChI=1S/C15H27N3O/c1-11(10-15(2,3)4)9-12(18-16)14-13(19-5)7-6-8-17-14/h6-8,11-12,18H,9-10,16H2,1-5H3. The van der Waals surface area contributed by atoms with Crippen LogP contribution in [0.4, 0.5) is 0 Å². The number of nitrogens with zero attached hydrogens (tertiary/aromatic N) is 1. The van der Waals surface area contributed by atoms with Gasteiger partial charge in [0.15, 0.2) is 0 Å². The normalized spacial score (nSPS) is 15.1. The Hall–Kier alpha value is -1.13. The number of hydrazine groups is 1. The summed E-state index contributed by atoms with van der Waals surface area (Å²) in [6.07, 6.45) is 3.87. The molecule has 0 aliphatic rings. The van der Waals surface area contributed by atoms with Crippen molar-refractivity contribution in [1.29, 1.82) is 0 Å². The van der Waals surface area contributed by atoms with Crippen LogP contribution in [-0.4, -0.2) is 12.1 Å². The molecule has 4 heteroatoms. The number of hydrogen-bond donors (Lipinski definition) is 2. The first-order valence-corrected chi connectivity index (χ1v) is 6.82. The Bertz CT molecular complexity index is 387. The highest BCUT2D eigenvalue weighted by atomic mass is 16.5. The van der Waals surface area contributed by atoms with Crippen LogP contribution in [0.3, 0.4) is 0 Å². The average Bonchev–Trinajstić information content (AvgIpc) is 2.33. The molecule has 3 N–H and O–H groups in total. The van der Waals surface area contributed by atoms with Gasteiger partial charge in [-0.2, -0.15) is 0 Å². The van der Waals surface area contributed by atoms with Crippen LogP contribution in [0.2, 0.25) is 0 Å². The predicted octanol–water partition coefficient (Wildman–Crippen LogP) is 3.06. The van der Waals surface area contributed by atoms with Gasteiger partial charge in [0.25, 0.3) is 0 Å². The summed E-state index contributed by atoms with van der Waals surface area (Å²) >= 11 is 0. The molecule has 0 fully saturated rings. The van der Waals surface area contributed by atoms with Crippen LogP contribution >= 0.6 is 0 Å². The molecule has 19 heavy (non-hydrogen) atoms. The molecule has 0 saturated carbocycles. The van der Waals surface area contributed by atoms with Crippen molar-refractivity contribution in [3.63, 3.8) is 0 Å². The van der Waals surface area contributed by atoms with Crippen molar-refractivity contribution in [2.24, 2.45) is 17.2 Å². The van der Waals surface area contributed by atoms with Crippen molar-refractivity contribution in [2.45, 2.75) is 46.6 Å². The molecule has 0 aliphatic carbocycles. The van der Waals surface area contributed by atoms with Crippen molar-refractivity contribution in [3.05, 3.63) is 24.0 Å². The minimum atomic E-state index is 0.0218. The molecule has 1 rings (SSSR count). The van der Waals surface area contributed by atoms with Gasteiger partial charge in [-0.05, 0) is 36.3 Å². The SMILES string of the molecule is COc1cccnc1C(CC(C)CC(C)(C)C)NN. The zero-order valence-electron chi connectivity index (χ0n) is 12.7. The van der Waals surface area contributed by atoms with Gasteiger partial charge in [0, 0.05) is 6.20 Å². The van der Waals surface area contributed by atoms with E-state index in [1.807, 2.05) is 12.1 Å². The lowest BCUT2D eigenvalue weighted by atomic mass is 9.82. The second-order valence-electron chi connectivity index (χ2n) is 6.42. The van der Waals surface area contributed by atoms with Crippen molar-refractivity contribution < 1.29 is 4.74 Å². The number of hydrogen-bond acceptors (Lipinski definition) is 4. The number of methoxy groups -OCH3 is 1. The van der Waals surface area contributed by atoms with E-state index in [0.29, 0.717) is 11.3 Å². The third-order valence-corrected chi connectivity index (χ3v) is 3.15. The van der Waals surface area contributed by atoms with Crippen LogP contribution < -0.4 is 16.0 Å². The number of aromatic nitrogens is 1. The van der Waals surface area contributed by atoms with Gasteiger partial charge in [-0.15, -0.1) is 0 Å². The van der Waals surface area contributed by atoms with Gasteiger partial charge in [0.2, 0.25) is 0 Å². The Morgan fingerprint density at radius 3 is 2.63 bits per heavy atom. The Balaban J connectivity index is 2.78. The van der Waals surface area contributed by atoms with Gasteiger partial charge >= 0.3 is 0 Å². The molecule has 2 atom stereocenters. The van der Waals surface area contributed by atoms with E-state index < -0.39 is 0 Å². The van der Waals surface area contributed by atoms with Crippen molar-refractivity contribution in [1.82, 2.24) is 10.4 Å². The van der Waals surface area contributed by atoms with Gasteiger partial charge in [-0.25, -0.2) is 0 Å². The van der Waals surface area contributed by atoms with Gasteiger partial charge in [-0.1, -0.05) is 27.7 Å². The minimum absolute atomic E-state index is 0.0218. The minimum Gasteiger partial charge on any atom is -0.495 e. The van der Waals surface area contributed by atoms with Crippen LogP contribution in [0.25, 0.3) is 0 Å². The van der Waals surface area contributed by atoms with Gasteiger partial charge in [0.1, 0.15) is 11.4 Å². The highest BCUT2D eigenvalue weighted by Crippen LogP contribution is 2.32. The lowest BCUT2D eigenvalue weighted by Crippen LogP contribution is -2.31. The largest absolute Gasteiger partial charge is 0.495 e. The first-order valence-electron chi connectivity index (χ1n) is 6.82. The second-order valence-corrected chi connectivity index (χ2v) is 6.42. The Kier molecular flexibility index (Phi) is 5.76. The quantitative estimate of drug-likeness (QED) is 0.613. The number of ether oxygens (including phenoxy) is 1. The Morgan fingerprint density at radius 1 is 1.42 bits per heavy atom. The van der Waals surface area contributed by atoms with Crippen molar-refractivity contribution in [2.75, 3.05) is 7.11 Å². The van der Waals surface area contributed by atoms with Gasteiger partial charge in [0.05, 0.1) is 13.2 Å². The van der Waals surface area contributed by atoms with Crippen LogP contribution in [0.5, 0.6) is 5.75 Å². The number of nitrogens with two attached hydrogens (primary N) is 1. The Morgan fingerprint density at radius 2 is 2.11 bits per heavy atom. The van der Waals surface area contributed by atoms with E-state index in [1.165, 1.54) is 0 Å². The number of rotatable bonds is 6. The van der Waals surface area contributed by atoms with Crippen LogP contribution in [-0.2, 0) is 0 Å². The lowest BCUT2D eigenvalue weighted by molar-refractivity contribution is 0.272. The summed E-state index contributed by atoms with van der Waals surface area (Å²) in [6, 6.07) is 3.81. The molecular weight excluding hydrogens is 238 g/mol. The van der Waals surface area contributed by atoms with E-state index >= 15 is 0 Å². The molecule has 0 aromatic carbocycles. The predicted molar refractivity (Wildman–Crippen MR) is 78.7 cm³/mol. The lowest BCUT2D eigenvalue weighted by Gasteiger charge is -2.26. The molecule has 1 aromatic rings. The average molecular weight is 265 g/mol. The fourth-order valence-electron chi connectivity index (χ4n) is 2.63. The summed E-state index contributed by atoms with van der Waals surface area (Å²) in [5, 5.41) is 0. The first kappa shape index (κ1) is 15.9. The topological polar surface area (TPSA) is 60.2 Å². The van der Waals surface area contributed by atoms with Crippen molar-refractivity contribution in [3.8, 4) is 5.75 Å². The van der Waals surface area contributed by atoms with E-state index in [9.17, 15) is 0 Å². The summed E-state index contributed by atoms with van der Waals surface area (Å²) in [6.45, 7) is 9.03. The fraction of sp³-hybridized carbons (Fsp3) is 0.667. The maximum Gasteiger partial charge on any atom is 0.142 e. The molecular formula is C15H27N3O. The zero-order chi connectivity index (χ0) is 14.5. The molecule has 0 amide bonds. The third-order valence-electron chi connectivity index (χ3n) is 3.15. The summed E-state index contributed by atoms with van der Waals surface area (Å²) in [5.74, 6) is 7.04. The summed E-state index contributed by atoms with van der Waals surface area (Å²) in [4.78, 5) is 4.40. The molecule has 2 unspecified atom stereocenters. The highest BCUT2D eigenvalue weighted by molar-refractivity contribution is 5.29. The smallest absolute Gasteiger partial charge is 0.142 e. The van der Waals surface area contributed by atoms with E-state index in [-0.39, 0.29) is 6.04 Å². The first-order chi connectivity index (χ1) is 8.87. The number of nitrogens with one attached hydrogen (secondary N) is 1. The molecule has 108 valence electrons. The molecule has 0 radical (unpaired) electrons. The van der Waals surface area contributed by atoms with Crippen LogP contribution in [0.1, 0.15) is 52.3 Å². The zero-order valence-corrected chi connectivity index (χ0v) is 12.7. The summed E-state index contributed by atoms with van der Waals surface area (Å²) < 4.78 is 5.35. The van der Waals surface area contributed by atoms with E-state index in [0.717, 1.165) is 24.3 Å².